The molecule has 0 spiro atoms. The fourth-order valence-electron chi connectivity index (χ4n) is 1.87. The molecule has 6 heteroatoms. The lowest BCUT2D eigenvalue weighted by Crippen LogP contribution is -2.16. The summed E-state index contributed by atoms with van der Waals surface area (Å²) in [6, 6.07) is 1.64. The number of hydrogen-bond acceptors (Lipinski definition) is 4. The minimum absolute atomic E-state index is 0.419. The zero-order valence-corrected chi connectivity index (χ0v) is 11.0. The van der Waals surface area contributed by atoms with Gasteiger partial charge >= 0.3 is 0 Å². The number of halogens is 2. The fraction of sp³-hybridized carbons (Fsp3) is 0.545. The Morgan fingerprint density at radius 1 is 1.29 bits per heavy atom. The van der Waals surface area contributed by atoms with Crippen molar-refractivity contribution in [2.75, 3.05) is 17.3 Å². The average molecular weight is 275 g/mol. The molecule has 1 aliphatic carbocycles. The summed E-state index contributed by atoms with van der Waals surface area (Å²) in [6.07, 6.45) is 5.22. The summed E-state index contributed by atoms with van der Waals surface area (Å²) in [5.74, 6) is 7.23. The van der Waals surface area contributed by atoms with Crippen LogP contribution in [0.15, 0.2) is 6.07 Å². The molecule has 0 saturated heterocycles. The molecule has 1 saturated carbocycles. The van der Waals surface area contributed by atoms with Crippen molar-refractivity contribution in [1.82, 2.24) is 4.98 Å². The Hall–Kier alpha value is -0.710. The van der Waals surface area contributed by atoms with E-state index in [1.807, 2.05) is 0 Å². The van der Waals surface area contributed by atoms with Crippen molar-refractivity contribution < 1.29 is 0 Å². The summed E-state index contributed by atoms with van der Waals surface area (Å²) < 4.78 is 0. The second-order valence-electron chi connectivity index (χ2n) is 4.31. The molecule has 0 aromatic carbocycles. The van der Waals surface area contributed by atoms with E-state index in [1.165, 1.54) is 19.3 Å². The van der Waals surface area contributed by atoms with Crippen LogP contribution < -0.4 is 16.6 Å². The molecule has 1 heterocycles. The minimum atomic E-state index is 0.419. The van der Waals surface area contributed by atoms with E-state index in [0.717, 1.165) is 18.9 Å². The van der Waals surface area contributed by atoms with Gasteiger partial charge in [-0.05, 0) is 18.4 Å². The van der Waals surface area contributed by atoms with Crippen LogP contribution in [0.5, 0.6) is 0 Å². The quantitative estimate of drug-likeness (QED) is 0.570. The molecule has 4 N–H and O–H groups in total. The van der Waals surface area contributed by atoms with E-state index in [0.29, 0.717) is 21.7 Å². The Morgan fingerprint density at radius 2 is 2.00 bits per heavy atom. The first-order chi connectivity index (χ1) is 8.20. The predicted octanol–water partition coefficient (Wildman–Crippen LogP) is 3.28. The van der Waals surface area contributed by atoms with E-state index in [-0.39, 0.29) is 0 Å². The molecule has 1 aromatic rings. The van der Waals surface area contributed by atoms with Crippen LogP contribution >= 0.6 is 23.2 Å². The number of hydrazine groups is 1. The number of nitrogens with two attached hydrogens (primary N) is 1. The first-order valence-corrected chi connectivity index (χ1v) is 6.53. The largest absolute Gasteiger partial charge is 0.369 e. The van der Waals surface area contributed by atoms with E-state index in [2.05, 4.69) is 15.7 Å². The predicted molar refractivity (Wildman–Crippen MR) is 72.5 cm³/mol. The van der Waals surface area contributed by atoms with Gasteiger partial charge in [0.25, 0.3) is 0 Å². The van der Waals surface area contributed by atoms with Gasteiger partial charge in [-0.25, -0.2) is 10.8 Å². The molecule has 2 rings (SSSR count). The minimum Gasteiger partial charge on any atom is -0.369 e. The van der Waals surface area contributed by atoms with E-state index >= 15 is 0 Å². The third kappa shape index (κ3) is 3.15. The highest BCUT2D eigenvalue weighted by molar-refractivity contribution is 6.37. The molecule has 1 fully saturated rings. The van der Waals surface area contributed by atoms with Crippen LogP contribution in [0.3, 0.4) is 0 Å². The number of nitrogens with one attached hydrogen (secondary N) is 2. The van der Waals surface area contributed by atoms with Crippen LogP contribution in [0.4, 0.5) is 11.6 Å². The Labute approximate surface area is 111 Å². The second-order valence-corrected chi connectivity index (χ2v) is 5.12. The van der Waals surface area contributed by atoms with Gasteiger partial charge in [0.05, 0.1) is 10.0 Å². The molecule has 17 heavy (non-hydrogen) atoms. The highest BCUT2D eigenvalue weighted by Crippen LogP contribution is 2.31. The van der Waals surface area contributed by atoms with E-state index in [9.17, 15) is 0 Å². The van der Waals surface area contributed by atoms with Crippen molar-refractivity contribution in [3.63, 3.8) is 0 Å². The maximum absolute atomic E-state index is 6.04. The Kier molecular flexibility index (Phi) is 4.31. The van der Waals surface area contributed by atoms with Gasteiger partial charge in [0.1, 0.15) is 5.82 Å². The molecular weight excluding hydrogens is 259 g/mol. The number of anilines is 2. The number of nitrogen functional groups attached to an aromatic ring is 1. The summed E-state index contributed by atoms with van der Waals surface area (Å²) in [6.45, 7) is 0.878. The lowest BCUT2D eigenvalue weighted by molar-refractivity contribution is 0.303. The molecule has 0 unspecified atom stereocenters. The SMILES string of the molecule is NNc1nc(NCCC2CCC2)c(Cl)cc1Cl. The second kappa shape index (κ2) is 5.76. The fourth-order valence-corrected chi connectivity index (χ4v) is 2.35. The van der Waals surface area contributed by atoms with Gasteiger partial charge in [0, 0.05) is 6.54 Å². The highest BCUT2D eigenvalue weighted by atomic mass is 35.5. The topological polar surface area (TPSA) is 63.0 Å². The van der Waals surface area contributed by atoms with Crippen LogP contribution in [-0.4, -0.2) is 11.5 Å². The van der Waals surface area contributed by atoms with Crippen molar-refractivity contribution in [2.24, 2.45) is 11.8 Å². The zero-order chi connectivity index (χ0) is 12.3. The molecule has 94 valence electrons. The highest BCUT2D eigenvalue weighted by Gasteiger charge is 2.17. The first kappa shape index (κ1) is 12.7. The molecule has 0 radical (unpaired) electrons. The average Bonchev–Trinajstić information content (AvgIpc) is 2.24. The summed E-state index contributed by atoms with van der Waals surface area (Å²) in [4.78, 5) is 4.22. The van der Waals surface area contributed by atoms with E-state index in [4.69, 9.17) is 29.0 Å². The van der Waals surface area contributed by atoms with Crippen LogP contribution in [-0.2, 0) is 0 Å². The first-order valence-electron chi connectivity index (χ1n) is 5.77. The third-order valence-electron chi connectivity index (χ3n) is 3.14. The number of pyridine rings is 1. The van der Waals surface area contributed by atoms with E-state index < -0.39 is 0 Å². The summed E-state index contributed by atoms with van der Waals surface area (Å²) in [5.41, 5.74) is 2.44. The van der Waals surface area contributed by atoms with Crippen molar-refractivity contribution in [2.45, 2.75) is 25.7 Å². The van der Waals surface area contributed by atoms with Crippen LogP contribution in [0.2, 0.25) is 10.0 Å². The maximum atomic E-state index is 6.04. The maximum Gasteiger partial charge on any atom is 0.161 e. The zero-order valence-electron chi connectivity index (χ0n) is 9.47. The van der Waals surface area contributed by atoms with Crippen LogP contribution in [0, 0.1) is 5.92 Å². The lowest BCUT2D eigenvalue weighted by Gasteiger charge is -2.25. The molecule has 0 atom stereocenters. The van der Waals surface area contributed by atoms with Crippen molar-refractivity contribution in [1.29, 1.82) is 0 Å². The number of rotatable bonds is 5. The Balaban J connectivity index is 1.94. The Bertz CT molecular complexity index is 393. The Morgan fingerprint density at radius 3 is 2.59 bits per heavy atom. The van der Waals surface area contributed by atoms with Gasteiger partial charge in [-0.1, -0.05) is 42.5 Å². The van der Waals surface area contributed by atoms with Gasteiger partial charge in [0.2, 0.25) is 0 Å². The summed E-state index contributed by atoms with van der Waals surface area (Å²) in [7, 11) is 0. The lowest BCUT2D eigenvalue weighted by atomic mass is 9.83. The number of aromatic nitrogens is 1. The van der Waals surface area contributed by atoms with Gasteiger partial charge in [-0.2, -0.15) is 0 Å². The number of hydrogen-bond donors (Lipinski definition) is 3. The molecule has 1 aliphatic rings. The standard InChI is InChI=1S/C11H16Cl2N4/c12-8-6-9(13)11(17-14)16-10(8)15-5-4-7-2-1-3-7/h6-7H,1-5,14H2,(H2,15,16,17). The van der Waals surface area contributed by atoms with Gasteiger partial charge in [-0.15, -0.1) is 0 Å². The normalized spacial score (nSPS) is 15.5. The number of nitrogens with zero attached hydrogens (tertiary/aromatic N) is 1. The van der Waals surface area contributed by atoms with Crippen LogP contribution in [0.25, 0.3) is 0 Å². The molecule has 0 aliphatic heterocycles. The smallest absolute Gasteiger partial charge is 0.161 e. The summed E-state index contributed by atoms with van der Waals surface area (Å²) >= 11 is 11.9. The van der Waals surface area contributed by atoms with Gasteiger partial charge < -0.3 is 10.7 Å². The molecule has 0 amide bonds. The molecule has 4 nitrogen and oxygen atoms in total. The van der Waals surface area contributed by atoms with E-state index in [1.54, 1.807) is 6.07 Å². The van der Waals surface area contributed by atoms with Crippen molar-refractivity contribution in [3.8, 4) is 0 Å². The van der Waals surface area contributed by atoms with Crippen molar-refractivity contribution in [3.05, 3.63) is 16.1 Å². The van der Waals surface area contributed by atoms with Crippen molar-refractivity contribution >= 4 is 34.8 Å². The third-order valence-corrected chi connectivity index (χ3v) is 3.71. The van der Waals surface area contributed by atoms with Gasteiger partial charge in [-0.3, -0.25) is 0 Å². The van der Waals surface area contributed by atoms with Crippen LogP contribution in [0.1, 0.15) is 25.7 Å². The monoisotopic (exact) mass is 274 g/mol. The van der Waals surface area contributed by atoms with Gasteiger partial charge in [0.15, 0.2) is 5.82 Å². The molecule has 1 aromatic heterocycles. The summed E-state index contributed by atoms with van der Waals surface area (Å²) in [5, 5.41) is 4.15. The molecular formula is C11H16Cl2N4. The molecule has 0 bridgehead atoms.